The van der Waals surface area contributed by atoms with E-state index in [9.17, 15) is 44.6 Å². The van der Waals surface area contributed by atoms with Crippen molar-refractivity contribution in [2.45, 2.75) is 30.2 Å². The van der Waals surface area contributed by atoms with Crippen LogP contribution in [0.15, 0.2) is 95.5 Å². The van der Waals surface area contributed by atoms with Crippen LogP contribution in [0.5, 0.6) is 0 Å². The van der Waals surface area contributed by atoms with E-state index in [0.717, 1.165) is 82.2 Å². The van der Waals surface area contributed by atoms with Crippen molar-refractivity contribution in [2.24, 2.45) is 10.3 Å². The number of hydrogen-bond acceptors (Lipinski definition) is 8. The maximum absolute atomic E-state index is 13.1. The molecule has 0 aliphatic carbocycles. The maximum Gasteiger partial charge on any atom is 0.416 e. The number of halogens is 9. The van der Waals surface area contributed by atoms with Gasteiger partial charge >= 0.3 is 18.5 Å². The van der Waals surface area contributed by atoms with Crippen LogP contribution >= 0.6 is 0 Å². The predicted octanol–water partition coefficient (Wildman–Crippen LogP) is 6.40. The average Bonchev–Trinajstić information content (AvgIpc) is 3.82. The fourth-order valence-electron chi connectivity index (χ4n) is 4.76. The second-order valence-corrected chi connectivity index (χ2v) is 10.3. The Kier molecular flexibility index (Phi) is 7.53. The van der Waals surface area contributed by atoms with Crippen molar-refractivity contribution in [3.05, 3.63) is 113 Å². The molecule has 1 aliphatic rings. The van der Waals surface area contributed by atoms with E-state index in [1.165, 1.54) is 17.4 Å². The van der Waals surface area contributed by atoms with Crippen LogP contribution in [0.1, 0.15) is 28.1 Å². The van der Waals surface area contributed by atoms with Gasteiger partial charge in [0, 0.05) is 0 Å². The Morgan fingerprint density at radius 3 is 1.28 bits per heavy atom. The second-order valence-electron chi connectivity index (χ2n) is 10.3. The van der Waals surface area contributed by atoms with Gasteiger partial charge in [-0.15, -0.1) is 10.2 Å². The molecule has 0 saturated heterocycles. The topological polar surface area (TPSA) is 110 Å². The van der Waals surface area contributed by atoms with E-state index in [-0.39, 0.29) is 35.0 Å². The molecule has 1 aliphatic heterocycles. The first-order chi connectivity index (χ1) is 22.0. The van der Waals surface area contributed by atoms with Crippen molar-refractivity contribution < 1.29 is 44.6 Å². The lowest BCUT2D eigenvalue weighted by atomic mass is 9.88. The minimum absolute atomic E-state index is 0.145. The largest absolute Gasteiger partial charge is 0.416 e. The molecule has 0 fully saturated rings. The third-order valence-corrected chi connectivity index (χ3v) is 7.31. The van der Waals surface area contributed by atoms with Gasteiger partial charge in [0.2, 0.25) is 0 Å². The Labute approximate surface area is 257 Å². The Balaban J connectivity index is 1.35. The molecule has 0 amide bonds. The maximum atomic E-state index is 13.1. The lowest BCUT2D eigenvalue weighted by molar-refractivity contribution is -0.138. The SMILES string of the molecule is OC(c1cn(-c2ccc(C(F)(F)F)cc2)nn1)(c1cn(-c2ccc(C(F)(F)F)cc2)nn1)C1CN(c2ccc(C(F)(F)F)cc2)N=N1. The van der Waals surface area contributed by atoms with Crippen molar-refractivity contribution >= 4 is 5.69 Å². The van der Waals surface area contributed by atoms with E-state index >= 15 is 0 Å². The van der Waals surface area contributed by atoms with Gasteiger partial charge in [-0.1, -0.05) is 15.7 Å². The molecule has 10 nitrogen and oxygen atoms in total. The first-order valence-electron chi connectivity index (χ1n) is 13.3. The smallest absolute Gasteiger partial charge is 0.375 e. The van der Waals surface area contributed by atoms with E-state index in [0.29, 0.717) is 0 Å². The van der Waals surface area contributed by atoms with Crippen molar-refractivity contribution in [1.82, 2.24) is 30.0 Å². The molecule has 244 valence electrons. The highest BCUT2D eigenvalue weighted by atomic mass is 19.4. The number of hydrogen-bond donors (Lipinski definition) is 1. The average molecular weight is 667 g/mol. The normalized spacial score (nSPS) is 15.9. The molecule has 0 saturated carbocycles. The summed E-state index contributed by atoms with van der Waals surface area (Å²) in [6, 6.07) is 10.6. The molecule has 5 aromatic rings. The summed E-state index contributed by atoms with van der Waals surface area (Å²) in [7, 11) is 0. The van der Waals surface area contributed by atoms with E-state index in [2.05, 4.69) is 31.0 Å². The Bertz CT molecular complexity index is 1800. The molecule has 1 unspecified atom stereocenters. The molecular weight excluding hydrogens is 649 g/mol. The molecule has 19 heteroatoms. The van der Waals surface area contributed by atoms with Gasteiger partial charge in [-0.2, -0.15) is 44.6 Å². The second kappa shape index (κ2) is 11.2. The van der Waals surface area contributed by atoms with E-state index < -0.39 is 46.9 Å². The van der Waals surface area contributed by atoms with Crippen molar-refractivity contribution in [1.29, 1.82) is 0 Å². The highest BCUT2D eigenvalue weighted by molar-refractivity contribution is 5.49. The van der Waals surface area contributed by atoms with E-state index in [4.69, 9.17) is 0 Å². The van der Waals surface area contributed by atoms with Crippen LogP contribution in [0.4, 0.5) is 45.2 Å². The van der Waals surface area contributed by atoms with Crippen molar-refractivity contribution in [3.8, 4) is 11.4 Å². The number of aliphatic hydroxyl groups is 1. The standard InChI is InChI=1S/C28H18F9N9O/c29-26(30,31)16-1-7-19(8-2-16)44-13-22(38-41-44)25(47,23-14-45(42-39-23)20-9-3-17(4-10-20)27(32,33)34)24-15-46(43-40-24)21-11-5-18(6-12-21)28(35,36)37/h1-14,24,47H,15H2. The van der Waals surface area contributed by atoms with Gasteiger partial charge in [0.1, 0.15) is 17.4 Å². The highest BCUT2D eigenvalue weighted by Gasteiger charge is 2.49. The van der Waals surface area contributed by atoms with E-state index in [1.54, 1.807) is 0 Å². The molecule has 0 radical (unpaired) electrons. The highest BCUT2D eigenvalue weighted by Crippen LogP contribution is 2.38. The molecule has 1 N–H and O–H groups in total. The van der Waals surface area contributed by atoms with Gasteiger partial charge in [-0.05, 0) is 72.8 Å². The third-order valence-electron chi connectivity index (χ3n) is 7.31. The Morgan fingerprint density at radius 1 is 0.553 bits per heavy atom. The summed E-state index contributed by atoms with van der Waals surface area (Å²) in [6.07, 6.45) is -11.3. The molecule has 2 aromatic heterocycles. The number of nitrogens with zero attached hydrogens (tertiary/aromatic N) is 9. The van der Waals surface area contributed by atoms with Crippen molar-refractivity contribution in [3.63, 3.8) is 0 Å². The molecule has 6 rings (SSSR count). The molecule has 3 heterocycles. The summed E-state index contributed by atoms with van der Waals surface area (Å²) in [5.41, 5.74) is -4.96. The van der Waals surface area contributed by atoms with Gasteiger partial charge in [0.15, 0.2) is 5.60 Å². The fraction of sp³-hybridized carbons (Fsp3) is 0.214. The fourth-order valence-corrected chi connectivity index (χ4v) is 4.76. The quantitative estimate of drug-likeness (QED) is 0.210. The van der Waals surface area contributed by atoms with Gasteiger partial charge in [-0.3, -0.25) is 0 Å². The number of benzene rings is 3. The summed E-state index contributed by atoms with van der Waals surface area (Å²) in [6.45, 7) is -0.220. The zero-order valence-corrected chi connectivity index (χ0v) is 23.2. The first-order valence-corrected chi connectivity index (χ1v) is 13.3. The van der Waals surface area contributed by atoms with Gasteiger partial charge in [-0.25, -0.2) is 14.4 Å². The van der Waals surface area contributed by atoms with Crippen LogP contribution in [-0.2, 0) is 24.1 Å². The molecule has 3 aromatic carbocycles. The molecule has 0 bridgehead atoms. The number of anilines is 1. The number of rotatable bonds is 6. The minimum Gasteiger partial charge on any atom is -0.375 e. The molecule has 47 heavy (non-hydrogen) atoms. The summed E-state index contributed by atoms with van der Waals surface area (Å²) in [5.74, 6) is 0. The summed E-state index contributed by atoms with van der Waals surface area (Å²) in [5, 5.41) is 37.4. The first kappa shape index (κ1) is 31.6. The zero-order chi connectivity index (χ0) is 33.8. The third kappa shape index (κ3) is 6.12. The van der Waals surface area contributed by atoms with Gasteiger partial charge < -0.3 is 5.11 Å². The zero-order valence-electron chi connectivity index (χ0n) is 23.2. The van der Waals surface area contributed by atoms with Crippen LogP contribution < -0.4 is 5.01 Å². The summed E-state index contributed by atoms with van der Waals surface area (Å²) < 4.78 is 120. The Morgan fingerprint density at radius 2 is 0.915 bits per heavy atom. The predicted molar refractivity (Wildman–Crippen MR) is 143 cm³/mol. The molecule has 1 atom stereocenters. The van der Waals surface area contributed by atoms with Crippen molar-refractivity contribution in [2.75, 3.05) is 11.6 Å². The van der Waals surface area contributed by atoms with E-state index in [1.807, 2.05) is 0 Å². The van der Waals surface area contributed by atoms with Crippen LogP contribution in [0.3, 0.4) is 0 Å². The molecule has 0 spiro atoms. The lowest BCUT2D eigenvalue weighted by Crippen LogP contribution is -2.43. The van der Waals surface area contributed by atoms with Gasteiger partial charge in [0.25, 0.3) is 0 Å². The minimum atomic E-state index is -4.59. The van der Waals surface area contributed by atoms with Gasteiger partial charge in [0.05, 0.1) is 52.7 Å². The van der Waals surface area contributed by atoms with Crippen LogP contribution in [0.2, 0.25) is 0 Å². The summed E-state index contributed by atoms with van der Waals surface area (Å²) in [4.78, 5) is 0. The monoisotopic (exact) mass is 667 g/mol. The van der Waals surface area contributed by atoms with Crippen LogP contribution in [0.25, 0.3) is 11.4 Å². The number of aromatic nitrogens is 6. The lowest BCUT2D eigenvalue weighted by Gasteiger charge is -2.27. The molecular formula is C28H18F9N9O. The van der Waals surface area contributed by atoms with Crippen LogP contribution in [0, 0.1) is 0 Å². The number of alkyl halides is 9. The summed E-state index contributed by atoms with van der Waals surface area (Å²) >= 11 is 0. The van der Waals surface area contributed by atoms with Crippen LogP contribution in [-0.4, -0.2) is 47.7 Å². The Hall–Kier alpha value is -5.33.